The van der Waals surface area contributed by atoms with Crippen molar-refractivity contribution in [3.63, 3.8) is 0 Å². The molecule has 0 saturated heterocycles. The van der Waals surface area contributed by atoms with E-state index in [2.05, 4.69) is 4.98 Å². The lowest BCUT2D eigenvalue weighted by atomic mass is 10.1. The van der Waals surface area contributed by atoms with Gasteiger partial charge in [-0.05, 0) is 24.3 Å². The number of hydrogen-bond acceptors (Lipinski definition) is 5. The molecule has 3 aromatic rings. The highest BCUT2D eigenvalue weighted by molar-refractivity contribution is 7.98. The molecule has 0 saturated carbocycles. The second-order valence-corrected chi connectivity index (χ2v) is 7.10. The summed E-state index contributed by atoms with van der Waals surface area (Å²) < 4.78 is 1.29. The van der Waals surface area contributed by atoms with Crippen LogP contribution < -0.4 is 5.56 Å². The Balaban J connectivity index is 2.32. The summed E-state index contributed by atoms with van der Waals surface area (Å²) in [7, 11) is 0. The maximum Gasteiger partial charge on any atom is 0.331 e. The van der Waals surface area contributed by atoms with E-state index in [-0.39, 0.29) is 5.56 Å². The fourth-order valence-electron chi connectivity index (χ4n) is 2.61. The van der Waals surface area contributed by atoms with Gasteiger partial charge in [-0.15, -0.1) is 11.3 Å². The van der Waals surface area contributed by atoms with Crippen molar-refractivity contribution in [1.29, 1.82) is 0 Å². The van der Waals surface area contributed by atoms with E-state index in [1.165, 1.54) is 27.7 Å². The summed E-state index contributed by atoms with van der Waals surface area (Å²) >= 11 is 2.76. The lowest BCUT2D eigenvalue weighted by Gasteiger charge is -2.18. The molecule has 1 unspecified atom stereocenters. The van der Waals surface area contributed by atoms with Gasteiger partial charge in [-0.2, -0.15) is 0 Å². The second-order valence-electron chi connectivity index (χ2n) is 5.21. The molecule has 0 amide bonds. The quantitative estimate of drug-likeness (QED) is 0.557. The highest BCUT2D eigenvalue weighted by atomic mass is 32.2. The third kappa shape index (κ3) is 2.85. The number of hydrogen-bond donors (Lipinski definition) is 1. The van der Waals surface area contributed by atoms with Crippen molar-refractivity contribution in [2.75, 3.05) is 6.26 Å². The van der Waals surface area contributed by atoms with E-state index in [1.807, 2.05) is 19.1 Å². The standard InChI is InChI=1S/C17H16N2O3S2/c1-3-11-9-12-14(24-11)18-17(23-2)19(15(12)20)13(16(21)22)10-7-5-4-6-8-10/h4-9,13H,3H2,1-2H3,(H,21,22). The summed E-state index contributed by atoms with van der Waals surface area (Å²) in [5, 5.41) is 10.6. The zero-order valence-electron chi connectivity index (χ0n) is 13.2. The van der Waals surface area contributed by atoms with Crippen LogP contribution in [0.15, 0.2) is 46.3 Å². The molecular weight excluding hydrogens is 344 g/mol. The van der Waals surface area contributed by atoms with Gasteiger partial charge < -0.3 is 5.11 Å². The molecule has 124 valence electrons. The third-order valence-electron chi connectivity index (χ3n) is 3.75. The predicted octanol–water partition coefficient (Wildman–Crippen LogP) is 3.42. The largest absolute Gasteiger partial charge is 0.479 e. The van der Waals surface area contributed by atoms with Crippen molar-refractivity contribution in [3.05, 3.63) is 57.2 Å². The van der Waals surface area contributed by atoms with Crippen LogP contribution in [0.1, 0.15) is 23.4 Å². The number of carbonyl (C=O) groups is 1. The van der Waals surface area contributed by atoms with Crippen molar-refractivity contribution in [2.24, 2.45) is 0 Å². The van der Waals surface area contributed by atoms with Gasteiger partial charge in [-0.3, -0.25) is 9.36 Å². The molecule has 0 aliphatic heterocycles. The van der Waals surface area contributed by atoms with Gasteiger partial charge in [0.1, 0.15) is 4.83 Å². The van der Waals surface area contributed by atoms with Crippen LogP contribution in [0.25, 0.3) is 10.2 Å². The molecule has 2 aromatic heterocycles. The predicted molar refractivity (Wildman–Crippen MR) is 97.3 cm³/mol. The van der Waals surface area contributed by atoms with Crippen molar-refractivity contribution >= 4 is 39.3 Å². The molecule has 0 fully saturated rings. The molecule has 0 aliphatic rings. The number of fused-ring (bicyclic) bond motifs is 1. The normalized spacial score (nSPS) is 12.4. The number of carboxylic acid groups (broad SMARTS) is 1. The maximum absolute atomic E-state index is 13.0. The summed E-state index contributed by atoms with van der Waals surface area (Å²) in [6, 6.07) is 9.49. The Labute approximate surface area is 147 Å². The number of thioether (sulfide) groups is 1. The number of aryl methyl sites for hydroxylation is 1. The van der Waals surface area contributed by atoms with Crippen LogP contribution >= 0.6 is 23.1 Å². The Bertz CT molecular complexity index is 948. The van der Waals surface area contributed by atoms with Crippen molar-refractivity contribution in [3.8, 4) is 0 Å². The minimum atomic E-state index is -1.09. The number of nitrogens with zero attached hydrogens (tertiary/aromatic N) is 2. The molecule has 0 spiro atoms. The highest BCUT2D eigenvalue weighted by Gasteiger charge is 2.27. The van der Waals surface area contributed by atoms with Crippen molar-refractivity contribution in [1.82, 2.24) is 9.55 Å². The third-order valence-corrected chi connectivity index (χ3v) is 5.58. The topological polar surface area (TPSA) is 72.2 Å². The molecular formula is C17H16N2O3S2. The molecule has 0 aliphatic carbocycles. The lowest BCUT2D eigenvalue weighted by molar-refractivity contribution is -0.139. The smallest absolute Gasteiger partial charge is 0.331 e. The zero-order valence-corrected chi connectivity index (χ0v) is 14.9. The van der Waals surface area contributed by atoms with Crippen LogP contribution in [0.3, 0.4) is 0 Å². The Morgan fingerprint density at radius 1 is 1.38 bits per heavy atom. The first-order valence-corrected chi connectivity index (χ1v) is 9.47. The summed E-state index contributed by atoms with van der Waals surface area (Å²) in [5.74, 6) is -1.08. The minimum absolute atomic E-state index is 0.309. The first-order valence-electron chi connectivity index (χ1n) is 7.43. The number of aliphatic carboxylic acids is 1. The van der Waals surface area contributed by atoms with Gasteiger partial charge in [0, 0.05) is 4.88 Å². The van der Waals surface area contributed by atoms with Gasteiger partial charge in [0.15, 0.2) is 11.2 Å². The Morgan fingerprint density at radius 3 is 2.67 bits per heavy atom. The lowest BCUT2D eigenvalue weighted by Crippen LogP contribution is -2.32. The molecule has 5 nitrogen and oxygen atoms in total. The van der Waals surface area contributed by atoms with E-state index in [0.29, 0.717) is 20.9 Å². The maximum atomic E-state index is 13.0. The van der Waals surface area contributed by atoms with Gasteiger partial charge in [-0.25, -0.2) is 9.78 Å². The number of carboxylic acids is 1. The van der Waals surface area contributed by atoms with E-state index in [1.54, 1.807) is 30.5 Å². The second kappa shape index (κ2) is 6.78. The average Bonchev–Trinajstić information content (AvgIpc) is 3.01. The monoisotopic (exact) mass is 360 g/mol. The first-order chi connectivity index (χ1) is 11.6. The number of benzene rings is 1. The highest BCUT2D eigenvalue weighted by Crippen LogP contribution is 2.28. The summed E-state index contributed by atoms with van der Waals surface area (Å²) in [6.45, 7) is 2.02. The van der Waals surface area contributed by atoms with E-state index in [9.17, 15) is 14.7 Å². The van der Waals surface area contributed by atoms with Crippen LogP contribution in [-0.4, -0.2) is 26.9 Å². The summed E-state index contributed by atoms with van der Waals surface area (Å²) in [5.41, 5.74) is 0.242. The van der Waals surface area contributed by atoms with Crippen LogP contribution in [-0.2, 0) is 11.2 Å². The molecule has 0 bridgehead atoms. The van der Waals surface area contributed by atoms with E-state index in [0.717, 1.165) is 11.3 Å². The fourth-order valence-corrected chi connectivity index (χ4v) is 4.19. The van der Waals surface area contributed by atoms with E-state index >= 15 is 0 Å². The summed E-state index contributed by atoms with van der Waals surface area (Å²) in [6.07, 6.45) is 2.61. The molecule has 2 heterocycles. The van der Waals surface area contributed by atoms with Crippen LogP contribution in [0.5, 0.6) is 0 Å². The summed E-state index contributed by atoms with van der Waals surface area (Å²) in [4.78, 5) is 31.2. The zero-order chi connectivity index (χ0) is 17.3. The van der Waals surface area contributed by atoms with Crippen LogP contribution in [0.2, 0.25) is 0 Å². The van der Waals surface area contributed by atoms with Gasteiger partial charge in [0.05, 0.1) is 5.39 Å². The molecule has 7 heteroatoms. The van der Waals surface area contributed by atoms with Gasteiger partial charge in [0.2, 0.25) is 0 Å². The van der Waals surface area contributed by atoms with E-state index in [4.69, 9.17) is 0 Å². The first kappa shape index (κ1) is 16.7. The Kier molecular flexibility index (Phi) is 4.73. The average molecular weight is 360 g/mol. The molecule has 1 aromatic carbocycles. The minimum Gasteiger partial charge on any atom is -0.479 e. The fraction of sp³-hybridized carbons (Fsp3) is 0.235. The number of aromatic nitrogens is 2. The number of thiophene rings is 1. The molecule has 0 radical (unpaired) electrons. The SMILES string of the molecule is CCc1cc2c(=O)n(C(C(=O)O)c3ccccc3)c(SC)nc2s1. The molecule has 1 N–H and O–H groups in total. The van der Waals surface area contributed by atoms with Crippen LogP contribution in [0.4, 0.5) is 0 Å². The molecule has 24 heavy (non-hydrogen) atoms. The van der Waals surface area contributed by atoms with Crippen molar-refractivity contribution < 1.29 is 9.90 Å². The van der Waals surface area contributed by atoms with Crippen molar-refractivity contribution in [2.45, 2.75) is 24.5 Å². The molecule has 1 atom stereocenters. The Morgan fingerprint density at radius 2 is 2.08 bits per heavy atom. The molecule has 3 rings (SSSR count). The van der Waals surface area contributed by atoms with Gasteiger partial charge in [0.25, 0.3) is 5.56 Å². The van der Waals surface area contributed by atoms with Gasteiger partial charge >= 0.3 is 5.97 Å². The Hall–Kier alpha value is -2.12. The number of rotatable bonds is 5. The van der Waals surface area contributed by atoms with Crippen LogP contribution in [0, 0.1) is 0 Å². The van der Waals surface area contributed by atoms with Gasteiger partial charge in [-0.1, -0.05) is 49.0 Å². The van der Waals surface area contributed by atoms with E-state index < -0.39 is 12.0 Å².